The third-order valence-corrected chi connectivity index (χ3v) is 3.66. The van der Waals surface area contributed by atoms with Gasteiger partial charge in [-0.3, -0.25) is 4.79 Å². The van der Waals surface area contributed by atoms with Crippen molar-refractivity contribution in [1.29, 1.82) is 0 Å². The molecule has 0 amide bonds. The van der Waals surface area contributed by atoms with Crippen molar-refractivity contribution in [2.45, 2.75) is 39.3 Å². The van der Waals surface area contributed by atoms with Gasteiger partial charge in [0.25, 0.3) is 6.47 Å². The van der Waals surface area contributed by atoms with Gasteiger partial charge in [-0.25, -0.2) is 8.42 Å². The van der Waals surface area contributed by atoms with Gasteiger partial charge in [-0.05, 0) is 27.7 Å². The highest BCUT2D eigenvalue weighted by Gasteiger charge is 2.25. The van der Waals surface area contributed by atoms with E-state index in [0.29, 0.717) is 13.0 Å². The summed E-state index contributed by atoms with van der Waals surface area (Å²) in [6.07, 6.45) is 1.26. The van der Waals surface area contributed by atoms with E-state index < -0.39 is 10.0 Å². The second-order valence-corrected chi connectivity index (χ2v) is 7.19. The molecule has 1 rings (SSSR count). The Bertz CT molecular complexity index is 349. The van der Waals surface area contributed by atoms with E-state index in [9.17, 15) is 13.2 Å². The molecule has 0 aromatic rings. The Kier molecular flexibility index (Phi) is 6.80. The highest BCUT2D eigenvalue weighted by molar-refractivity contribution is 7.88. The van der Waals surface area contributed by atoms with Crippen molar-refractivity contribution < 1.29 is 17.9 Å². The SMILES string of the molecule is CC(C)(C)OC=O.CC1CNCCN1S(C)(=O)=O. The predicted molar refractivity (Wildman–Crippen MR) is 70.8 cm³/mol. The van der Waals surface area contributed by atoms with Crippen LogP contribution in [0.5, 0.6) is 0 Å². The second-order valence-electron chi connectivity index (χ2n) is 5.25. The first kappa shape index (κ1) is 17.3. The summed E-state index contributed by atoms with van der Waals surface area (Å²) in [4.78, 5) is 9.60. The zero-order chi connectivity index (χ0) is 14.4. The Labute approximate surface area is 110 Å². The van der Waals surface area contributed by atoms with E-state index in [1.54, 1.807) is 0 Å². The first-order valence-electron chi connectivity index (χ1n) is 5.87. The maximum Gasteiger partial charge on any atom is 0.293 e. The molecule has 1 fully saturated rings. The number of ether oxygens (including phenoxy) is 1. The number of hydrogen-bond acceptors (Lipinski definition) is 5. The molecule has 18 heavy (non-hydrogen) atoms. The molecule has 1 heterocycles. The lowest BCUT2D eigenvalue weighted by atomic mass is 10.2. The zero-order valence-electron chi connectivity index (χ0n) is 11.8. The molecule has 0 spiro atoms. The molecule has 1 atom stereocenters. The quantitative estimate of drug-likeness (QED) is 0.731. The number of rotatable bonds is 2. The largest absolute Gasteiger partial charge is 0.462 e. The molecule has 0 radical (unpaired) electrons. The minimum absolute atomic E-state index is 0.0961. The van der Waals surface area contributed by atoms with Crippen LogP contribution in [-0.4, -0.2) is 56.7 Å². The molecule has 0 aliphatic carbocycles. The first-order chi connectivity index (χ1) is 8.08. The zero-order valence-corrected chi connectivity index (χ0v) is 12.6. The van der Waals surface area contributed by atoms with E-state index in [1.807, 2.05) is 27.7 Å². The first-order valence-corrected chi connectivity index (χ1v) is 7.72. The average Bonchev–Trinajstić information content (AvgIpc) is 2.15. The van der Waals surface area contributed by atoms with E-state index in [1.165, 1.54) is 10.6 Å². The summed E-state index contributed by atoms with van der Waals surface area (Å²) < 4.78 is 28.3. The monoisotopic (exact) mass is 280 g/mol. The maximum atomic E-state index is 11.1. The fourth-order valence-electron chi connectivity index (χ4n) is 1.46. The summed E-state index contributed by atoms with van der Waals surface area (Å²) >= 11 is 0. The minimum atomic E-state index is -2.98. The molecule has 1 aliphatic rings. The van der Waals surface area contributed by atoms with Crippen LogP contribution in [0, 0.1) is 0 Å². The highest BCUT2D eigenvalue weighted by Crippen LogP contribution is 2.06. The predicted octanol–water partition coefficient (Wildman–Crippen LogP) is 0.198. The summed E-state index contributed by atoms with van der Waals surface area (Å²) in [5.41, 5.74) is -0.318. The molecule has 0 bridgehead atoms. The number of carbonyl (C=O) groups excluding carboxylic acids is 1. The van der Waals surface area contributed by atoms with Gasteiger partial charge in [0.05, 0.1) is 6.26 Å². The smallest absolute Gasteiger partial charge is 0.293 e. The lowest BCUT2D eigenvalue weighted by Gasteiger charge is -2.31. The molecule has 7 heteroatoms. The number of piperazine rings is 1. The molecule has 1 unspecified atom stereocenters. The van der Waals surface area contributed by atoms with E-state index >= 15 is 0 Å². The van der Waals surface area contributed by atoms with Crippen LogP contribution < -0.4 is 5.32 Å². The highest BCUT2D eigenvalue weighted by atomic mass is 32.2. The minimum Gasteiger partial charge on any atom is -0.462 e. The van der Waals surface area contributed by atoms with Crippen molar-refractivity contribution in [1.82, 2.24) is 9.62 Å². The van der Waals surface area contributed by atoms with Crippen LogP contribution in [0.1, 0.15) is 27.7 Å². The lowest BCUT2D eigenvalue weighted by Crippen LogP contribution is -2.51. The van der Waals surface area contributed by atoms with Crippen molar-refractivity contribution in [2.24, 2.45) is 0 Å². The van der Waals surface area contributed by atoms with E-state index in [2.05, 4.69) is 10.1 Å². The molecule has 0 aromatic carbocycles. The molecule has 0 saturated carbocycles. The van der Waals surface area contributed by atoms with Crippen LogP contribution in [0.4, 0.5) is 0 Å². The summed E-state index contributed by atoms with van der Waals surface area (Å²) in [5.74, 6) is 0. The van der Waals surface area contributed by atoms with Gasteiger partial charge in [0, 0.05) is 25.7 Å². The molecule has 1 N–H and O–H groups in total. The van der Waals surface area contributed by atoms with Gasteiger partial charge in [-0.15, -0.1) is 0 Å². The molecule has 108 valence electrons. The Balaban J connectivity index is 0.000000360. The molecule has 6 nitrogen and oxygen atoms in total. The third kappa shape index (κ3) is 7.62. The number of sulfonamides is 1. The van der Waals surface area contributed by atoms with Gasteiger partial charge < -0.3 is 10.1 Å². The van der Waals surface area contributed by atoms with Crippen LogP contribution in [0.2, 0.25) is 0 Å². The van der Waals surface area contributed by atoms with Crippen LogP contribution in [0.25, 0.3) is 0 Å². The van der Waals surface area contributed by atoms with Gasteiger partial charge >= 0.3 is 0 Å². The topological polar surface area (TPSA) is 75.7 Å². The van der Waals surface area contributed by atoms with Crippen LogP contribution in [-0.2, 0) is 19.6 Å². The normalized spacial score (nSPS) is 21.7. The van der Waals surface area contributed by atoms with Crippen molar-refractivity contribution in [3.8, 4) is 0 Å². The molecular formula is C11H24N2O4S. The van der Waals surface area contributed by atoms with Crippen LogP contribution in [0.3, 0.4) is 0 Å². The van der Waals surface area contributed by atoms with Crippen molar-refractivity contribution in [3.05, 3.63) is 0 Å². The van der Waals surface area contributed by atoms with Crippen LogP contribution >= 0.6 is 0 Å². The van der Waals surface area contributed by atoms with Gasteiger partial charge in [0.2, 0.25) is 10.0 Å². The average molecular weight is 280 g/mol. The summed E-state index contributed by atoms with van der Waals surface area (Å²) in [7, 11) is -2.98. The van der Waals surface area contributed by atoms with Crippen LogP contribution in [0.15, 0.2) is 0 Å². The van der Waals surface area contributed by atoms with E-state index in [-0.39, 0.29) is 11.6 Å². The van der Waals surface area contributed by atoms with Crippen molar-refractivity contribution in [3.63, 3.8) is 0 Å². The summed E-state index contributed by atoms with van der Waals surface area (Å²) in [6.45, 7) is 9.95. The van der Waals surface area contributed by atoms with Crippen molar-refractivity contribution in [2.75, 3.05) is 25.9 Å². The summed E-state index contributed by atoms with van der Waals surface area (Å²) in [6, 6.07) is 0.0961. The molecule has 0 aromatic heterocycles. The molecule has 1 aliphatic heterocycles. The van der Waals surface area contributed by atoms with Gasteiger partial charge in [-0.1, -0.05) is 0 Å². The van der Waals surface area contributed by atoms with Crippen molar-refractivity contribution >= 4 is 16.5 Å². The maximum absolute atomic E-state index is 11.1. The lowest BCUT2D eigenvalue weighted by molar-refractivity contribution is -0.138. The number of hydrogen-bond donors (Lipinski definition) is 1. The number of carbonyl (C=O) groups is 1. The molecular weight excluding hydrogens is 256 g/mol. The Morgan fingerprint density at radius 2 is 1.94 bits per heavy atom. The summed E-state index contributed by atoms with van der Waals surface area (Å²) in [5, 5.41) is 3.13. The Morgan fingerprint density at radius 3 is 2.17 bits per heavy atom. The number of nitrogens with one attached hydrogen (secondary N) is 1. The van der Waals surface area contributed by atoms with Gasteiger partial charge in [0.1, 0.15) is 5.60 Å². The fraction of sp³-hybridized carbons (Fsp3) is 0.909. The Hall–Kier alpha value is -0.660. The second kappa shape index (κ2) is 7.06. The number of nitrogens with zero attached hydrogens (tertiary/aromatic N) is 1. The standard InChI is InChI=1S/C6H14N2O2S.C5H10O2/c1-6-5-7-3-4-8(6)11(2,9)10;1-5(2,3)7-4-6/h6-7H,3-5H2,1-2H3;4H,1-3H3. The van der Waals surface area contributed by atoms with Gasteiger partial charge in [-0.2, -0.15) is 4.31 Å². The Morgan fingerprint density at radius 1 is 1.39 bits per heavy atom. The van der Waals surface area contributed by atoms with E-state index in [0.717, 1.165) is 13.1 Å². The third-order valence-electron chi connectivity index (χ3n) is 2.27. The van der Waals surface area contributed by atoms with E-state index in [4.69, 9.17) is 0 Å². The van der Waals surface area contributed by atoms with Gasteiger partial charge in [0.15, 0.2) is 0 Å². The fourth-order valence-corrected chi connectivity index (χ4v) is 2.61. The molecule has 1 saturated heterocycles.